The molecule has 12 nitrogen and oxygen atoms in total. The molecule has 37 heavy (non-hydrogen) atoms. The Balaban J connectivity index is 0.000000405. The second-order valence-corrected chi connectivity index (χ2v) is 8.95. The Morgan fingerprint density at radius 3 is 2.38 bits per heavy atom. The highest BCUT2D eigenvalue weighted by Crippen LogP contribution is 2.35. The highest BCUT2D eigenvalue weighted by atomic mass is 19.4. The molecule has 2 aromatic rings. The van der Waals surface area contributed by atoms with Crippen molar-refractivity contribution in [2.75, 3.05) is 19.6 Å². The van der Waals surface area contributed by atoms with Crippen LogP contribution in [0.4, 0.5) is 13.2 Å². The number of hydrogen-bond donors (Lipinski definition) is 3. The molecule has 2 amide bonds. The minimum Gasteiger partial charge on any atom is -0.475 e. The molecule has 3 aliphatic heterocycles. The van der Waals surface area contributed by atoms with E-state index in [2.05, 4.69) is 20.4 Å². The van der Waals surface area contributed by atoms with E-state index in [9.17, 15) is 27.9 Å². The summed E-state index contributed by atoms with van der Waals surface area (Å²) >= 11 is 0. The van der Waals surface area contributed by atoms with E-state index in [0.29, 0.717) is 48.8 Å². The SMILES string of the molecule is Cc1onc(-c2ccncn2)c1C(=O)N1CC[C@H]2[C@H]1CCN2C(=O)[C@H]1C[C@H](O)CN1.O=C(O)C(F)(F)F. The first-order valence-electron chi connectivity index (χ1n) is 11.5. The number of carboxylic acid groups (broad SMARTS) is 1. The number of carbonyl (C=O) groups excluding carboxylic acids is 2. The number of aryl methyl sites for hydroxylation is 1. The molecule has 5 heterocycles. The van der Waals surface area contributed by atoms with Gasteiger partial charge < -0.3 is 29.9 Å². The number of β-amino-alcohol motifs (C(OH)–C–C–N with tert-alkyl or cyclic N) is 1. The number of hydrogen-bond acceptors (Lipinski definition) is 9. The maximum absolute atomic E-state index is 13.5. The first kappa shape index (κ1) is 26.5. The van der Waals surface area contributed by atoms with Crippen LogP contribution < -0.4 is 5.32 Å². The lowest BCUT2D eigenvalue weighted by molar-refractivity contribution is -0.192. The molecule has 5 rings (SSSR count). The van der Waals surface area contributed by atoms with Crippen LogP contribution in [-0.4, -0.2) is 103 Å². The fraction of sp³-hybridized carbons (Fsp3) is 0.545. The van der Waals surface area contributed by atoms with Crippen molar-refractivity contribution in [2.45, 2.75) is 56.6 Å². The summed E-state index contributed by atoms with van der Waals surface area (Å²) < 4.78 is 37.1. The number of aliphatic hydroxyl groups is 1. The number of amides is 2. The summed E-state index contributed by atoms with van der Waals surface area (Å²) in [6, 6.07) is 1.33. The van der Waals surface area contributed by atoms with Gasteiger partial charge in [-0.05, 0) is 32.3 Å². The van der Waals surface area contributed by atoms with Crippen molar-refractivity contribution in [3.8, 4) is 11.4 Å². The highest BCUT2D eigenvalue weighted by Gasteiger charge is 2.48. The number of halogens is 3. The smallest absolute Gasteiger partial charge is 0.475 e. The first-order valence-corrected chi connectivity index (χ1v) is 11.5. The number of rotatable bonds is 3. The van der Waals surface area contributed by atoms with Gasteiger partial charge in [0.15, 0.2) is 0 Å². The van der Waals surface area contributed by atoms with Crippen LogP contribution in [0.15, 0.2) is 23.1 Å². The maximum atomic E-state index is 13.5. The molecule has 0 bridgehead atoms. The van der Waals surface area contributed by atoms with Gasteiger partial charge in [0.05, 0.1) is 29.9 Å². The molecule has 0 unspecified atom stereocenters. The summed E-state index contributed by atoms with van der Waals surface area (Å²) in [4.78, 5) is 47.2. The van der Waals surface area contributed by atoms with Crippen molar-refractivity contribution in [3.05, 3.63) is 29.9 Å². The summed E-state index contributed by atoms with van der Waals surface area (Å²) in [7, 11) is 0. The van der Waals surface area contributed by atoms with Crippen molar-refractivity contribution >= 4 is 17.8 Å². The summed E-state index contributed by atoms with van der Waals surface area (Å²) in [6.45, 7) is 3.36. The summed E-state index contributed by atoms with van der Waals surface area (Å²) in [5.74, 6) is -2.42. The Labute approximate surface area is 208 Å². The summed E-state index contributed by atoms with van der Waals surface area (Å²) in [6.07, 6.45) is -0.627. The van der Waals surface area contributed by atoms with Crippen molar-refractivity contribution in [1.82, 2.24) is 30.2 Å². The molecule has 0 aromatic carbocycles. The van der Waals surface area contributed by atoms with Crippen molar-refractivity contribution in [1.29, 1.82) is 0 Å². The minimum absolute atomic E-state index is 0.00339. The zero-order valence-electron chi connectivity index (χ0n) is 19.7. The second-order valence-electron chi connectivity index (χ2n) is 8.95. The number of aliphatic carboxylic acids is 1. The van der Waals surface area contributed by atoms with Crippen LogP contribution in [0.2, 0.25) is 0 Å². The van der Waals surface area contributed by atoms with E-state index in [0.717, 1.165) is 12.8 Å². The van der Waals surface area contributed by atoms with Gasteiger partial charge in [0.1, 0.15) is 23.3 Å². The number of nitrogens with one attached hydrogen (secondary N) is 1. The minimum atomic E-state index is -5.08. The Morgan fingerprint density at radius 1 is 1.16 bits per heavy atom. The molecule has 2 aromatic heterocycles. The largest absolute Gasteiger partial charge is 0.490 e. The molecule has 3 aliphatic rings. The first-order chi connectivity index (χ1) is 17.5. The Bertz CT molecular complexity index is 1160. The number of fused-ring (bicyclic) bond motifs is 1. The monoisotopic (exact) mass is 526 g/mol. The molecular weight excluding hydrogens is 501 g/mol. The Hall–Kier alpha value is -3.59. The van der Waals surface area contributed by atoms with Crippen LogP contribution in [0.1, 0.15) is 35.4 Å². The van der Waals surface area contributed by atoms with Gasteiger partial charge in [-0.25, -0.2) is 14.8 Å². The van der Waals surface area contributed by atoms with Crippen molar-refractivity contribution in [3.63, 3.8) is 0 Å². The molecular formula is C22H25F3N6O6. The Kier molecular flexibility index (Phi) is 7.45. The molecule has 0 aliphatic carbocycles. The highest BCUT2D eigenvalue weighted by molar-refractivity contribution is 6.01. The van der Waals surface area contributed by atoms with Gasteiger partial charge in [-0.2, -0.15) is 13.2 Å². The van der Waals surface area contributed by atoms with E-state index >= 15 is 0 Å². The number of carboxylic acids is 1. The lowest BCUT2D eigenvalue weighted by atomic mass is 10.1. The fourth-order valence-electron chi connectivity index (χ4n) is 4.99. The van der Waals surface area contributed by atoms with Crippen LogP contribution in [0.3, 0.4) is 0 Å². The normalized spacial score (nSPS) is 25.0. The van der Waals surface area contributed by atoms with Crippen molar-refractivity contribution < 1.29 is 42.3 Å². The van der Waals surface area contributed by atoms with Crippen LogP contribution in [0, 0.1) is 6.92 Å². The summed E-state index contributed by atoms with van der Waals surface area (Å²) in [5, 5.41) is 24.0. The quantitative estimate of drug-likeness (QED) is 0.517. The number of likely N-dealkylation sites (tertiary alicyclic amines) is 2. The van der Waals surface area contributed by atoms with Crippen LogP contribution >= 0.6 is 0 Å². The number of carbonyl (C=O) groups is 3. The third kappa shape index (κ3) is 5.41. The third-order valence-electron chi connectivity index (χ3n) is 6.67. The van der Waals surface area contributed by atoms with E-state index < -0.39 is 18.2 Å². The zero-order valence-corrected chi connectivity index (χ0v) is 19.7. The molecule has 0 saturated carbocycles. The van der Waals surface area contributed by atoms with E-state index in [1.54, 1.807) is 19.2 Å². The van der Waals surface area contributed by atoms with Crippen LogP contribution in [0.5, 0.6) is 0 Å². The average molecular weight is 526 g/mol. The zero-order chi connectivity index (χ0) is 26.9. The van der Waals surface area contributed by atoms with E-state index in [1.165, 1.54) is 6.33 Å². The predicted molar refractivity (Wildman–Crippen MR) is 118 cm³/mol. The number of nitrogens with zero attached hydrogens (tertiary/aromatic N) is 5. The standard InChI is InChI=1S/C20H24N6O4.C2HF3O2/c1-11-17(18(24-30-11)13-2-5-21-10-23-13)20(29)26-7-4-15-16(26)3-6-25(15)19(28)14-8-12(27)9-22-14;3-2(4,5)1(6)7/h2,5,10,12,14-16,22,27H,3-4,6-9H2,1H3;(H,6,7)/t12-,14+,15-,16+;/m0./s1. The molecule has 15 heteroatoms. The Morgan fingerprint density at radius 2 is 1.81 bits per heavy atom. The molecule has 4 atom stereocenters. The van der Waals surface area contributed by atoms with Crippen molar-refractivity contribution in [2.24, 2.45) is 0 Å². The van der Waals surface area contributed by atoms with Crippen LogP contribution in [-0.2, 0) is 9.59 Å². The molecule has 3 N–H and O–H groups in total. The predicted octanol–water partition coefficient (Wildman–Crippen LogP) is 0.612. The maximum Gasteiger partial charge on any atom is 0.490 e. The van der Waals surface area contributed by atoms with Gasteiger partial charge in [-0.3, -0.25) is 9.59 Å². The van der Waals surface area contributed by atoms with Crippen LogP contribution in [0.25, 0.3) is 11.4 Å². The molecule has 0 spiro atoms. The number of aliphatic hydroxyl groups excluding tert-OH is 1. The second kappa shape index (κ2) is 10.4. The van der Waals surface area contributed by atoms with E-state index in [1.807, 2.05) is 9.80 Å². The van der Waals surface area contributed by atoms with Gasteiger partial charge in [0.25, 0.3) is 5.91 Å². The molecule has 3 fully saturated rings. The lowest BCUT2D eigenvalue weighted by Gasteiger charge is -2.27. The van der Waals surface area contributed by atoms with Gasteiger partial charge >= 0.3 is 12.1 Å². The lowest BCUT2D eigenvalue weighted by Crippen LogP contribution is -2.47. The molecule has 200 valence electrons. The van der Waals surface area contributed by atoms with Gasteiger partial charge in [-0.1, -0.05) is 5.16 Å². The summed E-state index contributed by atoms with van der Waals surface area (Å²) in [5.41, 5.74) is 1.37. The molecule has 0 radical (unpaired) electrons. The van der Waals surface area contributed by atoms with E-state index in [4.69, 9.17) is 14.4 Å². The average Bonchev–Trinajstić information content (AvgIpc) is 3.63. The number of aromatic nitrogens is 3. The third-order valence-corrected chi connectivity index (χ3v) is 6.67. The van der Waals surface area contributed by atoms with E-state index in [-0.39, 0.29) is 29.9 Å². The fourth-order valence-corrected chi connectivity index (χ4v) is 4.99. The van der Waals surface area contributed by atoms with Gasteiger partial charge in [-0.15, -0.1) is 0 Å². The number of alkyl halides is 3. The molecule has 3 saturated heterocycles. The van der Waals surface area contributed by atoms with Gasteiger partial charge in [0, 0.05) is 25.8 Å². The van der Waals surface area contributed by atoms with Gasteiger partial charge in [0.2, 0.25) is 5.91 Å². The topological polar surface area (TPSA) is 162 Å².